The van der Waals surface area contributed by atoms with E-state index in [0.29, 0.717) is 23.4 Å². The van der Waals surface area contributed by atoms with Crippen LogP contribution >= 0.6 is 0 Å². The van der Waals surface area contributed by atoms with Crippen molar-refractivity contribution in [2.75, 3.05) is 6.61 Å². The molecule has 0 spiro atoms. The molecule has 6 nitrogen and oxygen atoms in total. The number of carboxylic acids is 1. The number of hydrogen-bond acceptors (Lipinski definition) is 5. The highest BCUT2D eigenvalue weighted by molar-refractivity contribution is 5.97. The van der Waals surface area contributed by atoms with Crippen molar-refractivity contribution in [1.29, 1.82) is 0 Å². The summed E-state index contributed by atoms with van der Waals surface area (Å²) in [6.45, 7) is 7.59. The van der Waals surface area contributed by atoms with Crippen LogP contribution in [-0.4, -0.2) is 28.6 Å². The first kappa shape index (κ1) is 19.7. The molecule has 0 aliphatic carbocycles. The van der Waals surface area contributed by atoms with E-state index < -0.39 is 17.9 Å². The summed E-state index contributed by atoms with van der Waals surface area (Å²) in [5, 5.41) is 12.6. The molecule has 140 valence electrons. The van der Waals surface area contributed by atoms with Crippen LogP contribution in [0.2, 0.25) is 0 Å². The second-order valence-corrected chi connectivity index (χ2v) is 6.79. The maximum absolute atomic E-state index is 12.7. The molecule has 0 saturated carbocycles. The summed E-state index contributed by atoms with van der Waals surface area (Å²) in [4.78, 5) is 28.6. The van der Waals surface area contributed by atoms with Gasteiger partial charge in [-0.2, -0.15) is 0 Å². The Morgan fingerprint density at radius 3 is 2.50 bits per heavy atom. The number of rotatable bonds is 7. The molecular weight excluding hydrogens is 332 g/mol. The number of aryl methyl sites for hydroxylation is 1. The third-order valence-corrected chi connectivity index (χ3v) is 4.46. The first-order valence-corrected chi connectivity index (χ1v) is 8.81. The molecule has 1 unspecified atom stereocenters. The minimum absolute atomic E-state index is 0.0378. The molecule has 6 heteroatoms. The molecule has 2 rings (SSSR count). The number of aromatic nitrogens is 1. The van der Waals surface area contributed by atoms with E-state index in [-0.39, 0.29) is 18.1 Å². The van der Waals surface area contributed by atoms with Crippen molar-refractivity contribution >= 4 is 11.9 Å². The Balaban J connectivity index is 2.06. The smallest absolute Gasteiger partial charge is 0.336 e. The fourth-order valence-corrected chi connectivity index (χ4v) is 3.31. The second-order valence-electron chi connectivity index (χ2n) is 6.79. The van der Waals surface area contributed by atoms with Crippen LogP contribution in [0.5, 0.6) is 0 Å². The molecule has 1 aromatic heterocycles. The summed E-state index contributed by atoms with van der Waals surface area (Å²) in [6.07, 6.45) is 3.12. The third kappa shape index (κ3) is 4.50. The monoisotopic (exact) mass is 358 g/mol. The third-order valence-electron chi connectivity index (χ3n) is 4.46. The number of carbonyl (C=O) groups is 2. The lowest BCUT2D eigenvalue weighted by Crippen LogP contribution is -2.35. The summed E-state index contributed by atoms with van der Waals surface area (Å²) in [5.74, 6) is -2.00. The number of nitrogens with one attached hydrogen (secondary N) is 1. The summed E-state index contributed by atoms with van der Waals surface area (Å²) in [5.41, 5.74) is 2.80. The molecular formula is C20H26N2O4. The number of allylic oxidation sites excluding steroid dienone is 2. The molecule has 0 bridgehead atoms. The van der Waals surface area contributed by atoms with E-state index >= 15 is 0 Å². The van der Waals surface area contributed by atoms with Gasteiger partial charge in [0.25, 0.3) is 0 Å². The average Bonchev–Trinajstić information content (AvgIpc) is 2.58. The van der Waals surface area contributed by atoms with Crippen molar-refractivity contribution in [1.82, 2.24) is 10.3 Å². The van der Waals surface area contributed by atoms with Crippen LogP contribution in [-0.2, 0) is 20.7 Å². The summed E-state index contributed by atoms with van der Waals surface area (Å²) >= 11 is 0. The number of pyridine rings is 1. The van der Waals surface area contributed by atoms with Crippen LogP contribution in [0.15, 0.2) is 46.9 Å². The number of carboxylic acid groups (broad SMARTS) is 1. The maximum Gasteiger partial charge on any atom is 0.336 e. The Bertz CT molecular complexity index is 735. The minimum atomic E-state index is -1.01. The van der Waals surface area contributed by atoms with Gasteiger partial charge in [0.1, 0.15) is 0 Å². The molecule has 0 aromatic carbocycles. The lowest BCUT2D eigenvalue weighted by atomic mass is 9.78. The Kier molecular flexibility index (Phi) is 6.55. The molecule has 0 radical (unpaired) electrons. The van der Waals surface area contributed by atoms with Gasteiger partial charge in [-0.05, 0) is 44.7 Å². The number of dihydropyridines is 1. The van der Waals surface area contributed by atoms with E-state index in [1.54, 1.807) is 20.0 Å². The summed E-state index contributed by atoms with van der Waals surface area (Å²) in [7, 11) is 0. The van der Waals surface area contributed by atoms with Crippen molar-refractivity contribution in [2.45, 2.75) is 40.5 Å². The van der Waals surface area contributed by atoms with E-state index in [9.17, 15) is 14.7 Å². The standard InChI is InChI=1S/C20H26N2O4/c1-12(2)16-17(19(23)24)13(3)22-14(4)18(16)20(25)26-11-7-9-15-8-5-6-10-21-15/h5-6,8,10,12,16,22H,7,9,11H2,1-4H3,(H,23,24). The quantitative estimate of drug-likeness (QED) is 0.575. The van der Waals surface area contributed by atoms with E-state index in [2.05, 4.69) is 10.3 Å². The fourth-order valence-electron chi connectivity index (χ4n) is 3.31. The van der Waals surface area contributed by atoms with Crippen molar-refractivity contribution < 1.29 is 19.4 Å². The van der Waals surface area contributed by atoms with Gasteiger partial charge < -0.3 is 15.2 Å². The van der Waals surface area contributed by atoms with E-state index in [0.717, 1.165) is 12.1 Å². The first-order valence-electron chi connectivity index (χ1n) is 8.81. The molecule has 26 heavy (non-hydrogen) atoms. The minimum Gasteiger partial charge on any atom is -0.478 e. The number of ether oxygens (including phenoxy) is 1. The number of hydrogen-bond donors (Lipinski definition) is 2. The van der Waals surface area contributed by atoms with Gasteiger partial charge in [0.05, 0.1) is 17.8 Å². The van der Waals surface area contributed by atoms with Crippen molar-refractivity contribution in [3.05, 3.63) is 52.6 Å². The Morgan fingerprint density at radius 1 is 1.23 bits per heavy atom. The number of nitrogens with zero attached hydrogens (tertiary/aromatic N) is 1. The van der Waals surface area contributed by atoms with Gasteiger partial charge in [-0.3, -0.25) is 4.98 Å². The molecule has 1 aliphatic heterocycles. The average molecular weight is 358 g/mol. The van der Waals surface area contributed by atoms with Gasteiger partial charge in [-0.25, -0.2) is 9.59 Å². The number of carbonyl (C=O) groups excluding carboxylic acids is 1. The van der Waals surface area contributed by atoms with E-state index in [4.69, 9.17) is 4.74 Å². The predicted molar refractivity (Wildman–Crippen MR) is 98.0 cm³/mol. The highest BCUT2D eigenvalue weighted by atomic mass is 16.5. The highest BCUT2D eigenvalue weighted by Crippen LogP contribution is 2.35. The first-order chi connectivity index (χ1) is 12.3. The van der Waals surface area contributed by atoms with Gasteiger partial charge in [-0.1, -0.05) is 19.9 Å². The van der Waals surface area contributed by atoms with E-state index in [1.807, 2.05) is 32.0 Å². The van der Waals surface area contributed by atoms with E-state index in [1.165, 1.54) is 0 Å². The molecule has 0 fully saturated rings. The van der Waals surface area contributed by atoms with Crippen molar-refractivity contribution in [3.8, 4) is 0 Å². The van der Waals surface area contributed by atoms with Crippen molar-refractivity contribution in [3.63, 3.8) is 0 Å². The molecule has 1 atom stereocenters. The SMILES string of the molecule is CC1=C(C(=O)O)C(C(C)C)C(C(=O)OCCCc2ccccn2)=C(C)N1. The Morgan fingerprint density at radius 2 is 1.92 bits per heavy atom. The van der Waals surface area contributed by atoms with Crippen LogP contribution < -0.4 is 5.32 Å². The summed E-state index contributed by atoms with van der Waals surface area (Å²) < 4.78 is 5.44. The lowest BCUT2D eigenvalue weighted by Gasteiger charge is -2.31. The zero-order chi connectivity index (χ0) is 19.3. The molecule has 0 amide bonds. The van der Waals surface area contributed by atoms with Crippen LogP contribution in [0.3, 0.4) is 0 Å². The second kappa shape index (κ2) is 8.65. The topological polar surface area (TPSA) is 88.5 Å². The zero-order valence-electron chi connectivity index (χ0n) is 15.7. The zero-order valence-corrected chi connectivity index (χ0v) is 15.7. The highest BCUT2D eigenvalue weighted by Gasteiger charge is 2.37. The Hall–Kier alpha value is -2.63. The number of esters is 1. The molecule has 0 saturated heterocycles. The van der Waals surface area contributed by atoms with Crippen molar-refractivity contribution in [2.24, 2.45) is 11.8 Å². The van der Waals surface area contributed by atoms with Gasteiger partial charge in [-0.15, -0.1) is 0 Å². The fraction of sp³-hybridized carbons (Fsp3) is 0.450. The van der Waals surface area contributed by atoms with Gasteiger partial charge in [0.15, 0.2) is 0 Å². The molecule has 2 heterocycles. The molecule has 1 aliphatic rings. The summed E-state index contributed by atoms with van der Waals surface area (Å²) in [6, 6.07) is 5.71. The maximum atomic E-state index is 12.7. The molecule has 2 N–H and O–H groups in total. The van der Waals surface area contributed by atoms with Crippen LogP contribution in [0.4, 0.5) is 0 Å². The normalized spacial score (nSPS) is 17.3. The number of aliphatic carboxylic acids is 1. The molecule has 1 aromatic rings. The predicted octanol–water partition coefficient (Wildman–Crippen LogP) is 3.07. The van der Waals surface area contributed by atoms with Crippen LogP contribution in [0.25, 0.3) is 0 Å². The van der Waals surface area contributed by atoms with Crippen LogP contribution in [0, 0.1) is 11.8 Å². The van der Waals surface area contributed by atoms with Gasteiger partial charge in [0, 0.05) is 29.2 Å². The van der Waals surface area contributed by atoms with Crippen LogP contribution in [0.1, 0.15) is 39.8 Å². The van der Waals surface area contributed by atoms with Gasteiger partial charge >= 0.3 is 11.9 Å². The lowest BCUT2D eigenvalue weighted by molar-refractivity contribution is -0.140. The largest absolute Gasteiger partial charge is 0.478 e. The van der Waals surface area contributed by atoms with Gasteiger partial charge in [0.2, 0.25) is 0 Å². The Labute approximate surface area is 154 Å².